The molecule has 0 aliphatic carbocycles. The van der Waals surface area contributed by atoms with Gasteiger partial charge >= 0.3 is 0 Å². The molecule has 0 saturated carbocycles. The largest absolute Gasteiger partial charge is 0.347 e. The van der Waals surface area contributed by atoms with E-state index in [0.29, 0.717) is 0 Å². The van der Waals surface area contributed by atoms with Crippen LogP contribution in [0, 0.1) is 0 Å². The lowest BCUT2D eigenvalue weighted by atomic mass is 9.81. The van der Waals surface area contributed by atoms with Gasteiger partial charge in [-0.05, 0) is 55.8 Å². The smallest absolute Gasteiger partial charge is 0.294 e. The van der Waals surface area contributed by atoms with Gasteiger partial charge in [-0.3, -0.25) is 9.11 Å². The van der Waals surface area contributed by atoms with Crippen molar-refractivity contribution in [3.05, 3.63) is 83.6 Å². The summed E-state index contributed by atoms with van der Waals surface area (Å²) in [5, 5.41) is 0. The minimum absolute atomic E-state index is 0.127. The number of rotatable bonds is 5. The highest BCUT2D eigenvalue weighted by atomic mass is 32.2. The fourth-order valence-corrected chi connectivity index (χ4v) is 6.32. The number of hydrogen-bond acceptors (Lipinski definition) is 5. The second-order valence-corrected chi connectivity index (χ2v) is 13.2. The number of hydrogen-bond donors (Lipinski definition) is 2. The van der Waals surface area contributed by atoms with E-state index in [1.54, 1.807) is 12.1 Å². The molecular weight excluding hydrogens is 512 g/mol. The predicted molar refractivity (Wildman–Crippen MR) is 144 cm³/mol. The van der Waals surface area contributed by atoms with Gasteiger partial charge in [0.05, 0.1) is 15.2 Å². The molecule has 0 atom stereocenters. The fraction of sp³-hybridized carbons (Fsp3) is 0.296. The maximum Gasteiger partial charge on any atom is 0.294 e. The van der Waals surface area contributed by atoms with E-state index in [4.69, 9.17) is 0 Å². The summed E-state index contributed by atoms with van der Waals surface area (Å²) < 4.78 is 67.4. The molecule has 2 aromatic carbocycles. The van der Waals surface area contributed by atoms with Crippen LogP contribution in [0.25, 0.3) is 0 Å². The molecule has 0 amide bonds. The van der Waals surface area contributed by atoms with Crippen LogP contribution in [0.1, 0.15) is 38.8 Å². The summed E-state index contributed by atoms with van der Waals surface area (Å²) in [5.74, 6) is 0. The highest BCUT2D eigenvalue weighted by molar-refractivity contribution is 7.86. The molecule has 4 rings (SSSR count). The van der Waals surface area contributed by atoms with Crippen molar-refractivity contribution in [2.45, 2.75) is 48.3 Å². The summed E-state index contributed by atoms with van der Waals surface area (Å²) in [6.45, 7) is 8.01. The zero-order valence-corrected chi connectivity index (χ0v) is 23.2. The lowest BCUT2D eigenvalue weighted by Crippen LogP contribution is -2.26. The van der Waals surface area contributed by atoms with Crippen LogP contribution in [-0.2, 0) is 31.1 Å². The van der Waals surface area contributed by atoms with E-state index < -0.39 is 31.1 Å². The van der Waals surface area contributed by atoms with E-state index in [1.165, 1.54) is 24.3 Å². The van der Waals surface area contributed by atoms with Gasteiger partial charge in [-0.15, -0.1) is 0 Å². The minimum Gasteiger partial charge on any atom is -0.347 e. The van der Waals surface area contributed by atoms with Gasteiger partial charge in [0.25, 0.3) is 20.2 Å². The predicted octanol–water partition coefficient (Wildman–Crippen LogP) is 4.61. The summed E-state index contributed by atoms with van der Waals surface area (Å²) in [7, 11) is -4.76. The molecule has 2 aliphatic rings. The van der Waals surface area contributed by atoms with Gasteiger partial charge in [0.2, 0.25) is 5.69 Å². The maximum atomic E-state index is 11.6. The topological polar surface area (TPSA) is 115 Å². The quantitative estimate of drug-likeness (QED) is 0.321. The number of nitrogens with zero attached hydrogens (tertiary/aromatic N) is 2. The third-order valence-electron chi connectivity index (χ3n) is 7.33. The fourth-order valence-electron chi connectivity index (χ4n) is 5.31. The first kappa shape index (κ1) is 27.0. The highest BCUT2D eigenvalue weighted by Gasteiger charge is 2.43. The molecule has 0 unspecified atom stereocenters. The molecule has 2 aromatic rings. The monoisotopic (exact) mass is 543 g/mol. The Morgan fingerprint density at radius 2 is 1.38 bits per heavy atom. The molecule has 0 bridgehead atoms. The third kappa shape index (κ3) is 4.59. The summed E-state index contributed by atoms with van der Waals surface area (Å²) in [6, 6.07) is 9.23. The maximum absolute atomic E-state index is 11.6. The first-order valence-corrected chi connectivity index (χ1v) is 14.5. The Hall–Kier alpha value is -3.05. The molecule has 2 aliphatic heterocycles. The average molecular weight is 544 g/mol. The molecule has 0 radical (unpaired) electrons. The summed E-state index contributed by atoms with van der Waals surface area (Å²) in [4.78, 5) is 1.75. The number of allylic oxidation sites excluding steroid dienone is 6. The van der Waals surface area contributed by atoms with E-state index in [1.807, 2.05) is 81.6 Å². The number of fused-ring (bicyclic) bond motifs is 2. The van der Waals surface area contributed by atoms with Crippen molar-refractivity contribution in [1.29, 1.82) is 0 Å². The van der Waals surface area contributed by atoms with Crippen molar-refractivity contribution in [1.82, 2.24) is 0 Å². The van der Waals surface area contributed by atoms with Crippen LogP contribution >= 0.6 is 0 Å². The molecule has 8 nitrogen and oxygen atoms in total. The molecule has 0 aromatic heterocycles. The molecule has 0 fully saturated rings. The molecule has 10 heteroatoms. The van der Waals surface area contributed by atoms with E-state index in [9.17, 15) is 25.9 Å². The van der Waals surface area contributed by atoms with Crippen molar-refractivity contribution in [2.24, 2.45) is 0 Å². The van der Waals surface area contributed by atoms with E-state index in [2.05, 4.69) is 0 Å². The van der Waals surface area contributed by atoms with Crippen LogP contribution in [0.15, 0.2) is 82.3 Å². The second-order valence-electron chi connectivity index (χ2n) is 10.4. The first-order chi connectivity index (χ1) is 17.0. The molecule has 37 heavy (non-hydrogen) atoms. The Morgan fingerprint density at radius 3 is 1.97 bits per heavy atom. The van der Waals surface area contributed by atoms with Crippen molar-refractivity contribution >= 4 is 37.3 Å². The van der Waals surface area contributed by atoms with E-state index >= 15 is 0 Å². The number of likely N-dealkylation sites (N-methyl/N-ethyl adjacent to an activating group) is 1. The molecule has 2 heterocycles. The molecule has 0 spiro atoms. The lowest BCUT2D eigenvalue weighted by molar-refractivity contribution is -0.401. The SMILES string of the molecule is CN1/C(=C/C=C/C=C/C2=[N+](C)c3ccc(S(=O)(=O)O)cc3C2(C)C)C(C)(C)c2cc(S(=O)(=O)O)ccc21. The Balaban J connectivity index is 1.60. The van der Waals surface area contributed by atoms with Gasteiger partial charge in [-0.2, -0.15) is 21.4 Å². The van der Waals surface area contributed by atoms with Crippen LogP contribution in [0.2, 0.25) is 0 Å². The Labute approximate surface area is 218 Å². The highest BCUT2D eigenvalue weighted by Crippen LogP contribution is 2.47. The van der Waals surface area contributed by atoms with Crippen LogP contribution in [0.3, 0.4) is 0 Å². The minimum atomic E-state index is -4.30. The standard InChI is InChI=1S/C27H30N2O6S2/c1-26(2)20-16-18(36(30,31)32)12-14-22(20)28(5)24(26)10-8-7-9-11-25-27(3,4)21-17-19(37(33,34)35)13-15-23(21)29(25)6/h7-17H,1-6H3,(H-,30,31,32,33,34,35)/p+1. The van der Waals surface area contributed by atoms with Gasteiger partial charge in [0.1, 0.15) is 7.05 Å². The van der Waals surface area contributed by atoms with Crippen molar-refractivity contribution < 1.29 is 30.5 Å². The van der Waals surface area contributed by atoms with E-state index in [-0.39, 0.29) is 9.79 Å². The molecular formula is C27H31N2O6S2+. The van der Waals surface area contributed by atoms with Crippen molar-refractivity contribution in [3.8, 4) is 0 Å². The van der Waals surface area contributed by atoms with Crippen molar-refractivity contribution in [2.75, 3.05) is 19.0 Å². The van der Waals surface area contributed by atoms with Crippen molar-refractivity contribution in [3.63, 3.8) is 0 Å². The van der Waals surface area contributed by atoms with Gasteiger partial charge in [0, 0.05) is 41.6 Å². The summed E-state index contributed by atoms with van der Waals surface area (Å²) in [5.41, 5.74) is 4.35. The van der Waals surface area contributed by atoms with Crippen LogP contribution in [-0.4, -0.2) is 50.3 Å². The zero-order chi connectivity index (χ0) is 27.6. The third-order valence-corrected chi connectivity index (χ3v) is 9.03. The average Bonchev–Trinajstić information content (AvgIpc) is 3.10. The summed E-state index contributed by atoms with van der Waals surface area (Å²) >= 11 is 0. The zero-order valence-electron chi connectivity index (χ0n) is 21.6. The van der Waals surface area contributed by atoms with Gasteiger partial charge in [-0.25, -0.2) is 0 Å². The van der Waals surface area contributed by atoms with Crippen LogP contribution < -0.4 is 4.90 Å². The Bertz CT molecular complexity index is 1640. The van der Waals surface area contributed by atoms with Gasteiger partial charge in [0.15, 0.2) is 5.71 Å². The first-order valence-electron chi connectivity index (χ1n) is 11.6. The molecule has 196 valence electrons. The Morgan fingerprint density at radius 1 is 0.811 bits per heavy atom. The number of benzene rings is 2. The second kappa shape index (κ2) is 8.76. The molecule has 2 N–H and O–H groups in total. The van der Waals surface area contributed by atoms with Crippen LogP contribution in [0.4, 0.5) is 11.4 Å². The van der Waals surface area contributed by atoms with E-state index in [0.717, 1.165) is 33.9 Å². The van der Waals surface area contributed by atoms with Gasteiger partial charge < -0.3 is 4.90 Å². The summed E-state index contributed by atoms with van der Waals surface area (Å²) in [6.07, 6.45) is 9.65. The number of anilines is 1. The Kier molecular flexibility index (Phi) is 6.39. The van der Waals surface area contributed by atoms with Gasteiger partial charge in [-0.1, -0.05) is 32.1 Å². The normalized spacial score (nSPS) is 19.9. The molecule has 0 saturated heterocycles. The van der Waals surface area contributed by atoms with Crippen LogP contribution in [0.5, 0.6) is 0 Å². The lowest BCUT2D eigenvalue weighted by Gasteiger charge is -2.23.